The minimum atomic E-state index is 0.289. The number of allylic oxidation sites excluding steroid dienone is 8. The molecule has 56 heavy (non-hydrogen) atoms. The standard InChI is InChI=1S/C54H37NO/c1-2-13-36(14-3-1)42-30-31-48(47(35-42)43-27-25-37-15-4-6-18-40(37)33-43)55(49-22-12-24-52-54(49)46-21-10-11-23-51(46)56-52)50-32-29-39-17-8-9-20-45(39)53(50)44-28-26-38-16-5-7-19-41(38)34-44/h1-35,37,40H. The molecule has 2 aliphatic rings. The average molecular weight is 716 g/mol. The fraction of sp³-hybridized carbons (Fsp3) is 0.0370. The van der Waals surface area contributed by atoms with E-state index in [0.29, 0.717) is 5.92 Å². The van der Waals surface area contributed by atoms with Crippen LogP contribution in [0.15, 0.2) is 217 Å². The van der Waals surface area contributed by atoms with Gasteiger partial charge in [0.1, 0.15) is 11.2 Å². The van der Waals surface area contributed by atoms with Gasteiger partial charge in [-0.15, -0.1) is 0 Å². The maximum absolute atomic E-state index is 6.57. The van der Waals surface area contributed by atoms with Crippen molar-refractivity contribution in [2.45, 2.75) is 0 Å². The minimum Gasteiger partial charge on any atom is -0.456 e. The maximum atomic E-state index is 6.57. The van der Waals surface area contributed by atoms with Gasteiger partial charge in [0, 0.05) is 28.3 Å². The van der Waals surface area contributed by atoms with E-state index in [2.05, 4.69) is 211 Å². The summed E-state index contributed by atoms with van der Waals surface area (Å²) in [4.78, 5) is 2.50. The smallest absolute Gasteiger partial charge is 0.137 e. The second-order valence-electron chi connectivity index (χ2n) is 14.8. The van der Waals surface area contributed by atoms with Crippen molar-refractivity contribution in [3.05, 3.63) is 218 Å². The first kappa shape index (κ1) is 32.3. The zero-order valence-corrected chi connectivity index (χ0v) is 30.7. The van der Waals surface area contributed by atoms with E-state index in [-0.39, 0.29) is 5.92 Å². The van der Waals surface area contributed by atoms with Gasteiger partial charge in [-0.3, -0.25) is 0 Å². The topological polar surface area (TPSA) is 16.4 Å². The molecular weight excluding hydrogens is 679 g/mol. The van der Waals surface area contributed by atoms with Crippen LogP contribution in [0.5, 0.6) is 0 Å². The zero-order valence-electron chi connectivity index (χ0n) is 30.7. The Kier molecular flexibility index (Phi) is 7.67. The van der Waals surface area contributed by atoms with Crippen LogP contribution >= 0.6 is 0 Å². The highest BCUT2D eigenvalue weighted by Crippen LogP contribution is 2.51. The number of furan rings is 1. The van der Waals surface area contributed by atoms with Gasteiger partial charge < -0.3 is 9.32 Å². The summed E-state index contributed by atoms with van der Waals surface area (Å²) in [6.07, 6.45) is 16.1. The summed E-state index contributed by atoms with van der Waals surface area (Å²) >= 11 is 0. The van der Waals surface area contributed by atoms with Crippen LogP contribution in [0.3, 0.4) is 0 Å². The number of anilines is 3. The second kappa shape index (κ2) is 13.3. The summed E-state index contributed by atoms with van der Waals surface area (Å²) in [5, 5.41) is 7.03. The molecule has 264 valence electrons. The van der Waals surface area contributed by atoms with Crippen molar-refractivity contribution in [1.82, 2.24) is 0 Å². The van der Waals surface area contributed by atoms with Gasteiger partial charge in [0.2, 0.25) is 0 Å². The Hall–Kier alpha value is -7.16. The monoisotopic (exact) mass is 715 g/mol. The third-order valence-electron chi connectivity index (χ3n) is 11.6. The normalized spacial score (nSPS) is 16.1. The number of rotatable bonds is 6. The summed E-state index contributed by atoms with van der Waals surface area (Å²) in [6.45, 7) is 0. The average Bonchev–Trinajstić information content (AvgIpc) is 3.66. The Morgan fingerprint density at radius 1 is 0.429 bits per heavy atom. The first-order valence-corrected chi connectivity index (χ1v) is 19.4. The molecule has 1 heterocycles. The lowest BCUT2D eigenvalue weighted by Crippen LogP contribution is -2.15. The van der Waals surface area contributed by atoms with Crippen molar-refractivity contribution in [3.8, 4) is 22.3 Å². The molecule has 0 saturated heterocycles. The molecular formula is C54H37NO. The molecule has 0 fully saturated rings. The van der Waals surface area contributed by atoms with Gasteiger partial charge in [0.25, 0.3) is 0 Å². The third kappa shape index (κ3) is 5.41. The Morgan fingerprint density at radius 3 is 2.02 bits per heavy atom. The van der Waals surface area contributed by atoms with Crippen LogP contribution in [0.4, 0.5) is 17.1 Å². The summed E-state index contributed by atoms with van der Waals surface area (Å²) in [6, 6.07) is 61.5. The quantitative estimate of drug-likeness (QED) is 0.170. The van der Waals surface area contributed by atoms with Gasteiger partial charge in [0.15, 0.2) is 0 Å². The predicted molar refractivity (Wildman–Crippen MR) is 237 cm³/mol. The number of benzene rings is 8. The molecule has 2 atom stereocenters. The molecule has 0 bridgehead atoms. The number of hydrogen-bond donors (Lipinski definition) is 0. The van der Waals surface area contributed by atoms with Crippen molar-refractivity contribution in [3.63, 3.8) is 0 Å². The molecule has 0 amide bonds. The van der Waals surface area contributed by atoms with E-state index in [4.69, 9.17) is 4.42 Å². The van der Waals surface area contributed by atoms with Crippen LogP contribution in [0.25, 0.3) is 71.3 Å². The van der Waals surface area contributed by atoms with Crippen LogP contribution in [0.2, 0.25) is 0 Å². The molecule has 11 rings (SSSR count). The van der Waals surface area contributed by atoms with E-state index in [0.717, 1.165) is 39.0 Å². The summed E-state index contributed by atoms with van der Waals surface area (Å²) < 4.78 is 6.57. The van der Waals surface area contributed by atoms with Crippen LogP contribution in [0, 0.1) is 11.8 Å². The summed E-state index contributed by atoms with van der Waals surface area (Å²) in [5.74, 6) is 0.642. The van der Waals surface area contributed by atoms with Crippen molar-refractivity contribution >= 4 is 66.1 Å². The Balaban J connectivity index is 1.25. The highest BCUT2D eigenvalue weighted by molar-refractivity contribution is 6.16. The fourth-order valence-corrected chi connectivity index (χ4v) is 8.86. The van der Waals surface area contributed by atoms with Gasteiger partial charge in [-0.1, -0.05) is 170 Å². The predicted octanol–water partition coefficient (Wildman–Crippen LogP) is 15.0. The van der Waals surface area contributed by atoms with E-state index in [9.17, 15) is 0 Å². The molecule has 2 nitrogen and oxygen atoms in total. The molecule has 0 aliphatic heterocycles. The first-order valence-electron chi connectivity index (χ1n) is 19.4. The summed E-state index contributed by atoms with van der Waals surface area (Å²) in [5.41, 5.74) is 12.1. The molecule has 8 aromatic carbocycles. The van der Waals surface area contributed by atoms with Crippen molar-refractivity contribution < 1.29 is 4.42 Å². The van der Waals surface area contributed by atoms with E-state index in [1.807, 2.05) is 6.07 Å². The van der Waals surface area contributed by atoms with Gasteiger partial charge in [0.05, 0.1) is 22.4 Å². The fourth-order valence-electron chi connectivity index (χ4n) is 8.86. The molecule has 2 unspecified atom stereocenters. The third-order valence-corrected chi connectivity index (χ3v) is 11.6. The Labute approximate surface area is 326 Å². The van der Waals surface area contributed by atoms with Crippen molar-refractivity contribution in [1.29, 1.82) is 0 Å². The van der Waals surface area contributed by atoms with E-state index < -0.39 is 0 Å². The van der Waals surface area contributed by atoms with Crippen LogP contribution in [-0.4, -0.2) is 0 Å². The lowest BCUT2D eigenvalue weighted by atomic mass is 9.81. The van der Waals surface area contributed by atoms with Crippen molar-refractivity contribution in [2.24, 2.45) is 11.8 Å². The molecule has 0 spiro atoms. The highest BCUT2D eigenvalue weighted by atomic mass is 16.3. The van der Waals surface area contributed by atoms with Gasteiger partial charge in [-0.25, -0.2) is 0 Å². The van der Waals surface area contributed by atoms with Crippen LogP contribution in [-0.2, 0) is 0 Å². The summed E-state index contributed by atoms with van der Waals surface area (Å²) in [7, 11) is 0. The minimum absolute atomic E-state index is 0.289. The molecule has 0 N–H and O–H groups in total. The molecule has 2 heteroatoms. The maximum Gasteiger partial charge on any atom is 0.137 e. The molecule has 9 aromatic rings. The van der Waals surface area contributed by atoms with Crippen LogP contribution in [0.1, 0.15) is 5.56 Å². The highest BCUT2D eigenvalue weighted by Gasteiger charge is 2.27. The molecule has 1 aromatic heterocycles. The molecule has 2 aliphatic carbocycles. The number of hydrogen-bond acceptors (Lipinski definition) is 2. The van der Waals surface area contributed by atoms with E-state index >= 15 is 0 Å². The van der Waals surface area contributed by atoms with E-state index in [1.165, 1.54) is 54.9 Å². The van der Waals surface area contributed by atoms with E-state index in [1.54, 1.807) is 0 Å². The molecule has 0 saturated carbocycles. The second-order valence-corrected chi connectivity index (χ2v) is 14.8. The van der Waals surface area contributed by atoms with Gasteiger partial charge in [-0.05, 0) is 86.3 Å². The Bertz CT molecular complexity index is 3100. The van der Waals surface area contributed by atoms with Crippen LogP contribution < -0.4 is 4.90 Å². The van der Waals surface area contributed by atoms with Gasteiger partial charge in [-0.2, -0.15) is 0 Å². The SMILES string of the molecule is C1=CC2C=CC(c3cc(-c4ccccc4)ccc3N(c3ccc4ccccc4c3-c3ccc4ccccc4c3)c3cccc4oc5ccccc5c34)=CC2C=C1. The number of para-hydroxylation sites is 1. The number of nitrogens with zero attached hydrogens (tertiary/aromatic N) is 1. The lowest BCUT2D eigenvalue weighted by Gasteiger charge is -2.32. The zero-order chi connectivity index (χ0) is 37.0. The molecule has 0 radical (unpaired) electrons. The van der Waals surface area contributed by atoms with Gasteiger partial charge >= 0.3 is 0 Å². The Morgan fingerprint density at radius 2 is 1.12 bits per heavy atom. The number of fused-ring (bicyclic) bond motifs is 6. The lowest BCUT2D eigenvalue weighted by molar-refractivity contribution is 0.663. The largest absolute Gasteiger partial charge is 0.456 e. The first-order chi connectivity index (χ1) is 27.8. The van der Waals surface area contributed by atoms with Crippen molar-refractivity contribution in [2.75, 3.05) is 4.90 Å².